The number of amides is 2. The van der Waals surface area contributed by atoms with E-state index in [9.17, 15) is 14.4 Å². The predicted molar refractivity (Wildman–Crippen MR) is 114 cm³/mol. The van der Waals surface area contributed by atoms with E-state index in [0.29, 0.717) is 42.2 Å². The van der Waals surface area contributed by atoms with Gasteiger partial charge in [0, 0.05) is 32.6 Å². The third-order valence-corrected chi connectivity index (χ3v) is 4.77. The minimum absolute atomic E-state index is 0.0115. The molecule has 6 nitrogen and oxygen atoms in total. The zero-order valence-corrected chi connectivity index (χ0v) is 17.9. The fourth-order valence-corrected chi connectivity index (χ4v) is 3.01. The van der Waals surface area contributed by atoms with Crippen LogP contribution in [0.15, 0.2) is 39.5 Å². The van der Waals surface area contributed by atoms with E-state index in [2.05, 4.69) is 19.2 Å². The lowest BCUT2D eigenvalue weighted by atomic mass is 10.0. The Labute approximate surface area is 171 Å². The van der Waals surface area contributed by atoms with Gasteiger partial charge < -0.3 is 14.6 Å². The molecule has 0 unspecified atom stereocenters. The molecule has 0 atom stereocenters. The highest BCUT2D eigenvalue weighted by Gasteiger charge is 2.18. The summed E-state index contributed by atoms with van der Waals surface area (Å²) < 4.78 is 5.37. The Hall–Kier alpha value is -2.89. The van der Waals surface area contributed by atoms with Gasteiger partial charge in [-0.25, -0.2) is 4.79 Å². The molecule has 0 bridgehead atoms. The molecule has 2 amide bonds. The number of nitrogens with zero attached hydrogens (tertiary/aromatic N) is 1. The van der Waals surface area contributed by atoms with Crippen LogP contribution in [0.1, 0.15) is 53.9 Å². The van der Waals surface area contributed by atoms with Crippen molar-refractivity contribution in [2.45, 2.75) is 46.5 Å². The summed E-state index contributed by atoms with van der Waals surface area (Å²) in [6, 6.07) is 9.05. The van der Waals surface area contributed by atoms with E-state index in [4.69, 9.17) is 4.42 Å². The first-order chi connectivity index (χ1) is 13.7. The zero-order chi connectivity index (χ0) is 21.6. The predicted octanol–water partition coefficient (Wildman–Crippen LogP) is 3.81. The van der Waals surface area contributed by atoms with Crippen LogP contribution in [0.5, 0.6) is 0 Å². The van der Waals surface area contributed by atoms with Gasteiger partial charge in [0.25, 0.3) is 5.91 Å². The maximum Gasteiger partial charge on any atom is 0.349 e. The maximum atomic E-state index is 12.8. The van der Waals surface area contributed by atoms with E-state index in [0.717, 1.165) is 12.0 Å². The van der Waals surface area contributed by atoms with Crippen molar-refractivity contribution >= 4 is 17.5 Å². The molecule has 0 spiro atoms. The molecule has 0 saturated heterocycles. The number of carbonyl (C=O) groups excluding carboxylic acids is 2. The normalized spacial score (nSPS) is 10.8. The Balaban J connectivity index is 2.18. The lowest BCUT2D eigenvalue weighted by molar-refractivity contribution is -0.128. The first-order valence-electron chi connectivity index (χ1n) is 9.92. The molecule has 29 heavy (non-hydrogen) atoms. The van der Waals surface area contributed by atoms with Gasteiger partial charge in [0.1, 0.15) is 11.3 Å². The summed E-state index contributed by atoms with van der Waals surface area (Å²) in [4.78, 5) is 38.6. The van der Waals surface area contributed by atoms with Crippen LogP contribution in [0.4, 0.5) is 5.69 Å². The average Bonchev–Trinajstić information content (AvgIpc) is 2.64. The molecule has 0 aliphatic heterocycles. The van der Waals surface area contributed by atoms with Crippen LogP contribution in [0.25, 0.3) is 0 Å². The van der Waals surface area contributed by atoms with Crippen LogP contribution in [0.3, 0.4) is 0 Å². The van der Waals surface area contributed by atoms with Crippen LogP contribution >= 0.6 is 0 Å². The van der Waals surface area contributed by atoms with Crippen molar-refractivity contribution in [1.29, 1.82) is 0 Å². The van der Waals surface area contributed by atoms with Crippen molar-refractivity contribution < 1.29 is 14.0 Å². The van der Waals surface area contributed by atoms with E-state index >= 15 is 0 Å². The van der Waals surface area contributed by atoms with Crippen LogP contribution in [0, 0.1) is 12.8 Å². The van der Waals surface area contributed by atoms with Crippen LogP contribution in [-0.2, 0) is 17.6 Å². The Kier molecular flexibility index (Phi) is 7.76. The molecular weight excluding hydrogens is 368 g/mol. The van der Waals surface area contributed by atoms with Crippen molar-refractivity contribution in [3.8, 4) is 0 Å². The number of nitrogens with one attached hydrogen (secondary N) is 1. The third-order valence-electron chi connectivity index (χ3n) is 4.77. The van der Waals surface area contributed by atoms with Crippen molar-refractivity contribution in [3.05, 3.63) is 63.2 Å². The van der Waals surface area contributed by atoms with Gasteiger partial charge in [-0.3, -0.25) is 9.59 Å². The number of benzene rings is 1. The van der Waals surface area contributed by atoms with Gasteiger partial charge in [-0.15, -0.1) is 0 Å². The standard InChI is InChI=1S/C23H30N2O4/c1-15(2)10-12-18-14-16(3)21(23(28)29-18)22(27)24-19-9-7-6-8-17(19)11-13-20(26)25(4)5/h6-9,14-15H,10-13H2,1-5H3,(H,24,27). The molecule has 0 saturated carbocycles. The molecule has 6 heteroatoms. The maximum absolute atomic E-state index is 12.8. The quantitative estimate of drug-likeness (QED) is 0.733. The summed E-state index contributed by atoms with van der Waals surface area (Å²) in [5.41, 5.74) is 1.41. The summed E-state index contributed by atoms with van der Waals surface area (Å²) >= 11 is 0. The lowest BCUT2D eigenvalue weighted by Gasteiger charge is -2.14. The second kappa shape index (κ2) is 10.0. The van der Waals surface area contributed by atoms with Crippen molar-refractivity contribution in [3.63, 3.8) is 0 Å². The smallest absolute Gasteiger partial charge is 0.349 e. The van der Waals surface area contributed by atoms with Crippen molar-refractivity contribution in [2.75, 3.05) is 19.4 Å². The summed E-state index contributed by atoms with van der Waals surface area (Å²) in [5.74, 6) is 0.609. The molecule has 0 aliphatic carbocycles. The molecule has 1 aromatic carbocycles. The molecular formula is C23H30N2O4. The van der Waals surface area contributed by atoms with Gasteiger partial charge in [0.15, 0.2) is 0 Å². The van der Waals surface area contributed by atoms with Gasteiger partial charge in [-0.1, -0.05) is 32.0 Å². The minimum atomic E-state index is -0.624. The zero-order valence-electron chi connectivity index (χ0n) is 17.9. The lowest BCUT2D eigenvalue weighted by Crippen LogP contribution is -2.24. The second-order valence-electron chi connectivity index (χ2n) is 7.89. The summed E-state index contributed by atoms with van der Waals surface area (Å²) in [6.07, 6.45) is 2.41. The second-order valence-corrected chi connectivity index (χ2v) is 7.89. The number of anilines is 1. The molecule has 2 rings (SSSR count). The number of para-hydroxylation sites is 1. The SMILES string of the molecule is Cc1cc(CCC(C)C)oc(=O)c1C(=O)Nc1ccccc1CCC(=O)N(C)C. The first kappa shape index (κ1) is 22.4. The molecule has 156 valence electrons. The van der Waals surface area contributed by atoms with Gasteiger partial charge in [-0.05, 0) is 48.9 Å². The topological polar surface area (TPSA) is 79.6 Å². The number of carbonyl (C=O) groups is 2. The Bertz CT molecular complexity index is 929. The molecule has 2 aromatic rings. The van der Waals surface area contributed by atoms with Gasteiger partial charge in [0.05, 0.1) is 0 Å². The molecule has 1 N–H and O–H groups in total. The van der Waals surface area contributed by atoms with E-state index in [-0.39, 0.29) is 11.5 Å². The van der Waals surface area contributed by atoms with Crippen LogP contribution < -0.4 is 10.9 Å². The third kappa shape index (κ3) is 6.31. The van der Waals surface area contributed by atoms with Crippen LogP contribution in [-0.4, -0.2) is 30.8 Å². The number of aryl methyl sites for hydroxylation is 3. The minimum Gasteiger partial charge on any atom is -0.427 e. The number of hydrogen-bond acceptors (Lipinski definition) is 4. The summed E-state index contributed by atoms with van der Waals surface area (Å²) in [5, 5.41) is 2.81. The highest BCUT2D eigenvalue weighted by atomic mass is 16.4. The highest BCUT2D eigenvalue weighted by molar-refractivity contribution is 6.05. The van der Waals surface area contributed by atoms with Gasteiger partial charge in [0.2, 0.25) is 5.91 Å². The van der Waals surface area contributed by atoms with Crippen LogP contribution in [0.2, 0.25) is 0 Å². The highest BCUT2D eigenvalue weighted by Crippen LogP contribution is 2.19. The Morgan fingerprint density at radius 3 is 2.45 bits per heavy atom. The number of hydrogen-bond donors (Lipinski definition) is 1. The fraction of sp³-hybridized carbons (Fsp3) is 0.435. The molecule has 0 fully saturated rings. The Morgan fingerprint density at radius 2 is 1.83 bits per heavy atom. The molecule has 1 aromatic heterocycles. The largest absolute Gasteiger partial charge is 0.427 e. The summed E-state index contributed by atoms with van der Waals surface area (Å²) in [7, 11) is 3.42. The first-order valence-corrected chi connectivity index (χ1v) is 9.92. The average molecular weight is 399 g/mol. The number of rotatable bonds is 8. The van der Waals surface area contributed by atoms with E-state index in [1.54, 1.807) is 39.2 Å². The summed E-state index contributed by atoms with van der Waals surface area (Å²) in [6.45, 7) is 5.96. The van der Waals surface area contributed by atoms with E-state index < -0.39 is 11.5 Å². The molecule has 0 radical (unpaired) electrons. The monoisotopic (exact) mass is 398 g/mol. The van der Waals surface area contributed by atoms with Gasteiger partial charge in [-0.2, -0.15) is 0 Å². The van der Waals surface area contributed by atoms with Crippen molar-refractivity contribution in [1.82, 2.24) is 4.90 Å². The van der Waals surface area contributed by atoms with E-state index in [1.807, 2.05) is 12.1 Å². The van der Waals surface area contributed by atoms with E-state index in [1.165, 1.54) is 4.90 Å². The Morgan fingerprint density at radius 1 is 1.14 bits per heavy atom. The molecule has 1 heterocycles. The van der Waals surface area contributed by atoms with Crippen molar-refractivity contribution in [2.24, 2.45) is 5.92 Å². The molecule has 0 aliphatic rings. The fourth-order valence-electron chi connectivity index (χ4n) is 3.01. The van der Waals surface area contributed by atoms with Gasteiger partial charge >= 0.3 is 5.63 Å².